The van der Waals surface area contributed by atoms with Crippen molar-refractivity contribution in [2.45, 2.75) is 12.8 Å². The van der Waals surface area contributed by atoms with Gasteiger partial charge in [0.25, 0.3) is 0 Å². The standard InChI is InChI=1S/C13H16N2O2S/c1-18-8-12(16)14-10-4-6-11(7-5-10)15-13(17)9-2-3-9/h4-7,9H,2-3,8H2,1H3,(H,14,16)(H,15,17). The van der Waals surface area contributed by atoms with Crippen molar-refractivity contribution in [2.24, 2.45) is 5.92 Å². The molecule has 1 aliphatic carbocycles. The number of benzene rings is 1. The minimum atomic E-state index is -0.0164. The fraction of sp³-hybridized carbons (Fsp3) is 0.385. The van der Waals surface area contributed by atoms with Crippen LogP contribution in [0.3, 0.4) is 0 Å². The van der Waals surface area contributed by atoms with Gasteiger partial charge in [-0.15, -0.1) is 0 Å². The molecule has 2 N–H and O–H groups in total. The third-order valence-corrected chi connectivity index (χ3v) is 3.21. The summed E-state index contributed by atoms with van der Waals surface area (Å²) in [6, 6.07) is 7.19. The first-order chi connectivity index (χ1) is 8.69. The fourth-order valence-corrected chi connectivity index (χ4v) is 1.89. The number of hydrogen-bond acceptors (Lipinski definition) is 3. The van der Waals surface area contributed by atoms with E-state index in [-0.39, 0.29) is 17.7 Å². The third kappa shape index (κ3) is 3.77. The Labute approximate surface area is 111 Å². The average molecular weight is 264 g/mol. The molecule has 1 fully saturated rings. The molecule has 1 saturated carbocycles. The number of carbonyl (C=O) groups is 2. The van der Waals surface area contributed by atoms with Crippen molar-refractivity contribution in [3.63, 3.8) is 0 Å². The van der Waals surface area contributed by atoms with Gasteiger partial charge in [0.1, 0.15) is 0 Å². The van der Waals surface area contributed by atoms with Crippen LogP contribution in [0.5, 0.6) is 0 Å². The summed E-state index contributed by atoms with van der Waals surface area (Å²) in [6.07, 6.45) is 3.87. The van der Waals surface area contributed by atoms with Crippen LogP contribution >= 0.6 is 11.8 Å². The minimum Gasteiger partial charge on any atom is -0.326 e. The monoisotopic (exact) mass is 264 g/mol. The van der Waals surface area contributed by atoms with Crippen molar-refractivity contribution in [2.75, 3.05) is 22.6 Å². The Morgan fingerprint density at radius 2 is 1.72 bits per heavy atom. The highest BCUT2D eigenvalue weighted by Gasteiger charge is 2.29. The van der Waals surface area contributed by atoms with E-state index < -0.39 is 0 Å². The summed E-state index contributed by atoms with van der Waals surface area (Å²) in [5.74, 6) is 0.720. The van der Waals surface area contributed by atoms with Gasteiger partial charge < -0.3 is 10.6 Å². The molecule has 0 radical (unpaired) electrons. The van der Waals surface area contributed by atoms with Gasteiger partial charge in [0.2, 0.25) is 11.8 Å². The maximum atomic E-state index is 11.5. The first kappa shape index (κ1) is 13.0. The first-order valence-corrected chi connectivity index (χ1v) is 7.28. The van der Waals surface area contributed by atoms with Gasteiger partial charge in [-0.2, -0.15) is 11.8 Å². The summed E-state index contributed by atoms with van der Waals surface area (Å²) in [5.41, 5.74) is 1.52. The van der Waals surface area contributed by atoms with Gasteiger partial charge >= 0.3 is 0 Å². The van der Waals surface area contributed by atoms with Crippen LogP contribution in [0.4, 0.5) is 11.4 Å². The zero-order valence-electron chi connectivity index (χ0n) is 10.2. The quantitative estimate of drug-likeness (QED) is 0.858. The lowest BCUT2D eigenvalue weighted by Gasteiger charge is -2.07. The molecule has 0 spiro atoms. The molecule has 4 nitrogen and oxygen atoms in total. The zero-order valence-corrected chi connectivity index (χ0v) is 11.0. The molecule has 0 unspecified atom stereocenters. The molecule has 0 atom stereocenters. The summed E-state index contributed by atoms with van der Waals surface area (Å²) >= 11 is 1.48. The van der Waals surface area contributed by atoms with E-state index in [0.717, 1.165) is 24.2 Å². The molecule has 5 heteroatoms. The molecule has 1 aromatic rings. The van der Waals surface area contributed by atoms with Crippen molar-refractivity contribution in [3.8, 4) is 0 Å². The van der Waals surface area contributed by atoms with E-state index >= 15 is 0 Å². The van der Waals surface area contributed by atoms with Gasteiger partial charge in [-0.05, 0) is 43.4 Å². The number of thioether (sulfide) groups is 1. The number of hydrogen-bond donors (Lipinski definition) is 2. The van der Waals surface area contributed by atoms with Gasteiger partial charge in [-0.25, -0.2) is 0 Å². The summed E-state index contributed by atoms with van der Waals surface area (Å²) in [4.78, 5) is 22.9. The highest BCUT2D eigenvalue weighted by Crippen LogP contribution is 2.30. The fourth-order valence-electron chi connectivity index (χ4n) is 1.55. The second-order valence-corrected chi connectivity index (χ2v) is 5.19. The lowest BCUT2D eigenvalue weighted by atomic mass is 10.2. The van der Waals surface area contributed by atoms with Crippen LogP contribution < -0.4 is 10.6 Å². The second kappa shape index (κ2) is 5.91. The Morgan fingerprint density at radius 1 is 1.17 bits per heavy atom. The molecule has 0 saturated heterocycles. The Morgan fingerprint density at radius 3 is 2.22 bits per heavy atom. The van der Waals surface area contributed by atoms with Crippen LogP contribution in [0, 0.1) is 5.92 Å². The Balaban J connectivity index is 1.88. The average Bonchev–Trinajstić information content (AvgIpc) is 3.16. The minimum absolute atomic E-state index is 0.0164. The zero-order chi connectivity index (χ0) is 13.0. The van der Waals surface area contributed by atoms with Crippen LogP contribution in [0.1, 0.15) is 12.8 Å². The summed E-state index contributed by atoms with van der Waals surface area (Å²) in [6.45, 7) is 0. The van der Waals surface area contributed by atoms with Crippen LogP contribution in [-0.4, -0.2) is 23.8 Å². The van der Waals surface area contributed by atoms with Crippen molar-refractivity contribution >= 4 is 35.0 Å². The predicted octanol–water partition coefficient (Wildman–Crippen LogP) is 2.34. The smallest absolute Gasteiger partial charge is 0.234 e. The van der Waals surface area contributed by atoms with Gasteiger partial charge in [0.05, 0.1) is 5.75 Å². The molecule has 2 rings (SSSR count). The van der Waals surface area contributed by atoms with Crippen molar-refractivity contribution < 1.29 is 9.59 Å². The van der Waals surface area contributed by atoms with Crippen molar-refractivity contribution in [3.05, 3.63) is 24.3 Å². The van der Waals surface area contributed by atoms with E-state index in [9.17, 15) is 9.59 Å². The molecule has 0 aliphatic heterocycles. The largest absolute Gasteiger partial charge is 0.326 e. The van der Waals surface area contributed by atoms with Gasteiger partial charge in [0, 0.05) is 17.3 Å². The Bertz CT molecular complexity index is 441. The van der Waals surface area contributed by atoms with E-state index in [0.29, 0.717) is 5.75 Å². The van der Waals surface area contributed by atoms with Crippen LogP contribution in [0.25, 0.3) is 0 Å². The molecule has 0 heterocycles. The number of carbonyl (C=O) groups excluding carboxylic acids is 2. The van der Waals surface area contributed by atoms with E-state index in [1.54, 1.807) is 24.3 Å². The molecular weight excluding hydrogens is 248 g/mol. The lowest BCUT2D eigenvalue weighted by Crippen LogP contribution is -2.14. The molecular formula is C13H16N2O2S. The molecule has 1 aromatic carbocycles. The maximum Gasteiger partial charge on any atom is 0.234 e. The van der Waals surface area contributed by atoms with Crippen LogP contribution in [0.15, 0.2) is 24.3 Å². The molecule has 2 amide bonds. The van der Waals surface area contributed by atoms with E-state index in [1.807, 2.05) is 6.26 Å². The second-order valence-electron chi connectivity index (χ2n) is 4.32. The van der Waals surface area contributed by atoms with Crippen LogP contribution in [0.2, 0.25) is 0 Å². The molecule has 18 heavy (non-hydrogen) atoms. The first-order valence-electron chi connectivity index (χ1n) is 5.89. The number of anilines is 2. The molecule has 0 aromatic heterocycles. The van der Waals surface area contributed by atoms with E-state index in [1.165, 1.54) is 11.8 Å². The lowest BCUT2D eigenvalue weighted by molar-refractivity contribution is -0.117. The number of amides is 2. The number of nitrogens with one attached hydrogen (secondary N) is 2. The summed E-state index contributed by atoms with van der Waals surface area (Å²) in [5, 5.41) is 5.64. The van der Waals surface area contributed by atoms with E-state index in [4.69, 9.17) is 0 Å². The molecule has 96 valence electrons. The Kier molecular flexibility index (Phi) is 4.25. The van der Waals surface area contributed by atoms with Crippen molar-refractivity contribution in [1.82, 2.24) is 0 Å². The van der Waals surface area contributed by atoms with E-state index in [2.05, 4.69) is 10.6 Å². The molecule has 1 aliphatic rings. The summed E-state index contributed by atoms with van der Waals surface area (Å²) in [7, 11) is 0. The molecule has 0 bridgehead atoms. The van der Waals surface area contributed by atoms with Gasteiger partial charge in [-0.1, -0.05) is 0 Å². The predicted molar refractivity (Wildman–Crippen MR) is 74.8 cm³/mol. The Hall–Kier alpha value is -1.49. The maximum absolute atomic E-state index is 11.5. The highest BCUT2D eigenvalue weighted by atomic mass is 32.2. The van der Waals surface area contributed by atoms with Gasteiger partial charge in [0.15, 0.2) is 0 Å². The van der Waals surface area contributed by atoms with Crippen molar-refractivity contribution in [1.29, 1.82) is 0 Å². The normalized spacial score (nSPS) is 14.1. The third-order valence-electron chi connectivity index (χ3n) is 2.66. The SMILES string of the molecule is CSCC(=O)Nc1ccc(NC(=O)C2CC2)cc1. The number of rotatable bonds is 5. The summed E-state index contributed by atoms with van der Waals surface area (Å²) < 4.78 is 0. The van der Waals surface area contributed by atoms with Gasteiger partial charge in [-0.3, -0.25) is 9.59 Å². The van der Waals surface area contributed by atoms with Crippen LogP contribution in [-0.2, 0) is 9.59 Å². The highest BCUT2D eigenvalue weighted by molar-refractivity contribution is 7.99. The topological polar surface area (TPSA) is 58.2 Å².